The molecule has 0 radical (unpaired) electrons. The summed E-state index contributed by atoms with van der Waals surface area (Å²) < 4.78 is 7.10. The van der Waals surface area contributed by atoms with Crippen LogP contribution in [0.15, 0.2) is 30.9 Å². The minimum absolute atomic E-state index is 0.109. The Hall–Kier alpha value is -2.25. The van der Waals surface area contributed by atoms with Crippen molar-refractivity contribution in [3.05, 3.63) is 42.1 Å². The highest BCUT2D eigenvalue weighted by Gasteiger charge is 2.31. The quantitative estimate of drug-likeness (QED) is 0.904. The van der Waals surface area contributed by atoms with Crippen molar-refractivity contribution in [2.75, 3.05) is 26.3 Å². The van der Waals surface area contributed by atoms with Crippen LogP contribution >= 0.6 is 0 Å². The molecule has 2 aromatic rings. The standard InChI is InChI=1S/C18H23N5O2/c1-13-7-16(21-17(8-13)23-6-4-19-12-23)18(24)20-14-3-2-5-22(9-14)15-10-25-11-15/h4,6-8,12,14-15H,2-3,5,9-11H2,1H3,(H,20,24)/t14-/m1/s1. The highest BCUT2D eigenvalue weighted by Crippen LogP contribution is 2.18. The summed E-state index contributed by atoms with van der Waals surface area (Å²) in [6.07, 6.45) is 7.32. The minimum atomic E-state index is -0.109. The maximum absolute atomic E-state index is 12.7. The summed E-state index contributed by atoms with van der Waals surface area (Å²) in [7, 11) is 0. The van der Waals surface area contributed by atoms with E-state index in [0.29, 0.717) is 17.6 Å². The van der Waals surface area contributed by atoms with Crippen LogP contribution in [0.3, 0.4) is 0 Å². The Morgan fingerprint density at radius 3 is 2.96 bits per heavy atom. The first-order valence-corrected chi connectivity index (χ1v) is 8.79. The van der Waals surface area contributed by atoms with Crippen LogP contribution in [-0.4, -0.2) is 63.7 Å². The summed E-state index contributed by atoms with van der Waals surface area (Å²) in [5, 5.41) is 3.16. The van der Waals surface area contributed by atoms with Gasteiger partial charge >= 0.3 is 0 Å². The third kappa shape index (κ3) is 3.57. The highest BCUT2D eigenvalue weighted by molar-refractivity contribution is 5.92. The van der Waals surface area contributed by atoms with Crippen molar-refractivity contribution in [3.63, 3.8) is 0 Å². The number of rotatable bonds is 4. The van der Waals surface area contributed by atoms with Gasteiger partial charge in [0.25, 0.3) is 5.91 Å². The Balaban J connectivity index is 1.45. The molecule has 132 valence electrons. The Bertz CT molecular complexity index is 742. The topological polar surface area (TPSA) is 72.3 Å². The Kier molecular flexibility index (Phi) is 4.50. The molecule has 0 unspecified atom stereocenters. The van der Waals surface area contributed by atoms with Gasteiger partial charge in [-0.15, -0.1) is 0 Å². The molecule has 1 atom stereocenters. The van der Waals surface area contributed by atoms with Crippen LogP contribution in [-0.2, 0) is 4.74 Å². The van der Waals surface area contributed by atoms with E-state index in [1.165, 1.54) is 0 Å². The zero-order chi connectivity index (χ0) is 17.2. The number of aryl methyl sites for hydroxylation is 1. The molecule has 7 heteroatoms. The molecule has 2 aromatic heterocycles. The number of carbonyl (C=O) groups excluding carboxylic acids is 1. The molecular weight excluding hydrogens is 318 g/mol. The summed E-state index contributed by atoms with van der Waals surface area (Å²) >= 11 is 0. The molecule has 2 aliphatic heterocycles. The van der Waals surface area contributed by atoms with Crippen molar-refractivity contribution >= 4 is 5.91 Å². The van der Waals surface area contributed by atoms with Gasteiger partial charge in [0.05, 0.1) is 19.3 Å². The highest BCUT2D eigenvalue weighted by atomic mass is 16.5. The monoisotopic (exact) mass is 341 g/mol. The van der Waals surface area contributed by atoms with E-state index in [9.17, 15) is 4.79 Å². The van der Waals surface area contributed by atoms with Crippen molar-refractivity contribution in [3.8, 4) is 5.82 Å². The number of pyridine rings is 1. The first kappa shape index (κ1) is 16.2. The van der Waals surface area contributed by atoms with Crippen LogP contribution in [0.2, 0.25) is 0 Å². The summed E-state index contributed by atoms with van der Waals surface area (Å²) in [6.45, 7) is 5.58. The molecule has 2 saturated heterocycles. The predicted octanol–water partition coefficient (Wildman–Crippen LogP) is 1.17. The first-order valence-electron chi connectivity index (χ1n) is 8.79. The minimum Gasteiger partial charge on any atom is -0.378 e. The Morgan fingerprint density at radius 2 is 2.24 bits per heavy atom. The van der Waals surface area contributed by atoms with Crippen LogP contribution in [0.4, 0.5) is 0 Å². The zero-order valence-corrected chi connectivity index (χ0v) is 14.4. The largest absolute Gasteiger partial charge is 0.378 e. The maximum Gasteiger partial charge on any atom is 0.270 e. The predicted molar refractivity (Wildman–Crippen MR) is 92.8 cm³/mol. The molecule has 7 nitrogen and oxygen atoms in total. The average Bonchev–Trinajstić information content (AvgIpc) is 3.07. The van der Waals surface area contributed by atoms with Crippen LogP contribution in [0, 0.1) is 6.92 Å². The molecule has 25 heavy (non-hydrogen) atoms. The summed E-state index contributed by atoms with van der Waals surface area (Å²) in [5.74, 6) is 0.598. The van der Waals surface area contributed by atoms with E-state index in [2.05, 4.69) is 20.2 Å². The van der Waals surface area contributed by atoms with E-state index in [1.807, 2.05) is 29.8 Å². The second-order valence-electron chi connectivity index (χ2n) is 6.86. The zero-order valence-electron chi connectivity index (χ0n) is 14.4. The molecule has 1 amide bonds. The maximum atomic E-state index is 12.7. The molecule has 4 heterocycles. The number of nitrogens with zero attached hydrogens (tertiary/aromatic N) is 4. The van der Waals surface area contributed by atoms with Gasteiger partial charge in [-0.25, -0.2) is 9.97 Å². The number of nitrogens with one attached hydrogen (secondary N) is 1. The fourth-order valence-corrected chi connectivity index (χ4v) is 3.44. The van der Waals surface area contributed by atoms with Gasteiger partial charge in [0.15, 0.2) is 0 Å². The number of amides is 1. The number of imidazole rings is 1. The smallest absolute Gasteiger partial charge is 0.270 e. The van der Waals surface area contributed by atoms with Gasteiger partial charge in [-0.2, -0.15) is 0 Å². The number of hydrogen-bond acceptors (Lipinski definition) is 5. The van der Waals surface area contributed by atoms with Crippen molar-refractivity contribution in [1.29, 1.82) is 0 Å². The molecule has 2 aliphatic rings. The molecule has 0 spiro atoms. The second kappa shape index (κ2) is 6.93. The third-order valence-corrected chi connectivity index (χ3v) is 4.88. The van der Waals surface area contributed by atoms with E-state index in [1.54, 1.807) is 12.5 Å². The second-order valence-corrected chi connectivity index (χ2v) is 6.86. The lowest BCUT2D eigenvalue weighted by molar-refractivity contribution is -0.0728. The molecular formula is C18H23N5O2. The molecule has 0 aromatic carbocycles. The third-order valence-electron chi connectivity index (χ3n) is 4.88. The number of aromatic nitrogens is 3. The van der Waals surface area contributed by atoms with E-state index < -0.39 is 0 Å². The van der Waals surface area contributed by atoms with Gasteiger partial charge < -0.3 is 10.1 Å². The van der Waals surface area contributed by atoms with Gasteiger partial charge in [0, 0.05) is 25.0 Å². The molecule has 2 fully saturated rings. The molecule has 0 aliphatic carbocycles. The van der Waals surface area contributed by atoms with Crippen LogP contribution in [0.5, 0.6) is 0 Å². The Labute approximate surface area is 147 Å². The van der Waals surface area contributed by atoms with E-state index in [-0.39, 0.29) is 11.9 Å². The lowest BCUT2D eigenvalue weighted by Crippen LogP contribution is -2.56. The first-order chi connectivity index (χ1) is 12.2. The number of ether oxygens (including phenoxy) is 1. The van der Waals surface area contributed by atoms with E-state index in [4.69, 9.17) is 4.74 Å². The summed E-state index contributed by atoms with van der Waals surface area (Å²) in [6, 6.07) is 4.46. The van der Waals surface area contributed by atoms with Gasteiger partial charge in [0.1, 0.15) is 17.8 Å². The van der Waals surface area contributed by atoms with Gasteiger partial charge in [-0.1, -0.05) is 0 Å². The van der Waals surface area contributed by atoms with Gasteiger partial charge in [-0.05, 0) is 44.0 Å². The van der Waals surface area contributed by atoms with Crippen molar-refractivity contribution in [2.45, 2.75) is 31.8 Å². The van der Waals surface area contributed by atoms with Gasteiger partial charge in [0.2, 0.25) is 0 Å². The van der Waals surface area contributed by atoms with Crippen LogP contribution in [0.1, 0.15) is 28.9 Å². The lowest BCUT2D eigenvalue weighted by atomic mass is 10.0. The van der Waals surface area contributed by atoms with Crippen LogP contribution < -0.4 is 5.32 Å². The SMILES string of the molecule is Cc1cc(C(=O)N[C@@H]2CCCN(C3COC3)C2)nc(-n2ccnc2)c1. The molecule has 0 saturated carbocycles. The number of carbonyl (C=O) groups is 1. The normalized spacial score (nSPS) is 21.7. The number of piperidine rings is 1. The van der Waals surface area contributed by atoms with E-state index in [0.717, 1.165) is 44.7 Å². The lowest BCUT2D eigenvalue weighted by Gasteiger charge is -2.42. The molecule has 0 bridgehead atoms. The average molecular weight is 341 g/mol. The van der Waals surface area contributed by atoms with Gasteiger partial charge in [-0.3, -0.25) is 14.3 Å². The van der Waals surface area contributed by atoms with E-state index >= 15 is 0 Å². The fraction of sp³-hybridized carbons (Fsp3) is 0.500. The van der Waals surface area contributed by atoms with Crippen LogP contribution in [0.25, 0.3) is 5.82 Å². The summed E-state index contributed by atoms with van der Waals surface area (Å²) in [5.41, 5.74) is 1.45. The van der Waals surface area contributed by atoms with Crippen molar-refractivity contribution < 1.29 is 9.53 Å². The molecule has 4 rings (SSSR count). The number of likely N-dealkylation sites (tertiary alicyclic amines) is 1. The fourth-order valence-electron chi connectivity index (χ4n) is 3.44. The van der Waals surface area contributed by atoms with Crippen molar-refractivity contribution in [1.82, 2.24) is 24.8 Å². The summed E-state index contributed by atoms with van der Waals surface area (Å²) in [4.78, 5) is 23.7. The Morgan fingerprint density at radius 1 is 1.36 bits per heavy atom. The van der Waals surface area contributed by atoms with Crippen molar-refractivity contribution in [2.24, 2.45) is 0 Å². The molecule has 1 N–H and O–H groups in total. The number of hydrogen-bond donors (Lipinski definition) is 1.